The summed E-state index contributed by atoms with van der Waals surface area (Å²) in [5, 5.41) is 11.7. The number of rotatable bonds is 3. The summed E-state index contributed by atoms with van der Waals surface area (Å²) >= 11 is 0. The molecule has 0 saturated carbocycles. The topological polar surface area (TPSA) is 37.3 Å². The van der Waals surface area contributed by atoms with E-state index in [1.807, 2.05) is 60.7 Å². The molecular weight excluding hydrogens is 644 g/mol. The van der Waals surface area contributed by atoms with Crippen LogP contribution in [0.3, 0.4) is 0 Å². The zero-order valence-electron chi connectivity index (χ0n) is 20.1. The van der Waals surface area contributed by atoms with E-state index >= 15 is 0 Å². The molecule has 36 heavy (non-hydrogen) atoms. The summed E-state index contributed by atoms with van der Waals surface area (Å²) in [4.78, 5) is 9.00. The quantitative estimate of drug-likeness (QED) is 0.140. The minimum atomic E-state index is -0.877. The van der Waals surface area contributed by atoms with E-state index in [0.717, 1.165) is 6.92 Å². The van der Waals surface area contributed by atoms with Gasteiger partial charge in [0.1, 0.15) is 15.9 Å². The molecule has 0 aliphatic carbocycles. The van der Waals surface area contributed by atoms with Crippen molar-refractivity contribution in [3.63, 3.8) is 0 Å². The number of carboxylic acid groups (broad SMARTS) is 1. The molecule has 0 aliphatic rings. The van der Waals surface area contributed by atoms with Crippen LogP contribution < -0.4 is 15.9 Å². The first-order valence-corrected chi connectivity index (χ1v) is 12.7. The largest absolute Gasteiger partial charge is 0.481 e. The first-order valence-electron chi connectivity index (χ1n) is 11.2. The maximum absolute atomic E-state index is 9.00. The molecule has 4 heteroatoms. The molecule has 5 rings (SSSR count). The standard InChI is InChI=1S/C18H15P.2C6H5.C2H4O2.Au/c1-4-10-16(11-5-1)19(17-12-6-2-7-13-17)18-14-8-3-9-15-18;2*1-2-4-6-5-3-1;1-2(3)4;/h1-15H;2*1-5H;1H3,(H,3,4);/q;2*-1;;/p+1. The zero-order chi connectivity index (χ0) is 25.0. The second kappa shape index (κ2) is 20.0. The number of hydrogen-bond acceptors (Lipinski definition) is 1. The molecule has 1 N–H and O–H groups in total. The van der Waals surface area contributed by atoms with Crippen molar-refractivity contribution in [3.8, 4) is 0 Å². The van der Waals surface area contributed by atoms with E-state index in [2.05, 4.69) is 103 Å². The Morgan fingerprint density at radius 3 is 0.917 bits per heavy atom. The van der Waals surface area contributed by atoms with Crippen LogP contribution in [0.15, 0.2) is 152 Å². The smallest absolute Gasteiger partial charge is 0.300 e. The SMILES string of the molecule is CC(=O)O.[Au].[c-]1ccccc1.[c-]1ccccc1.c1ccc([PH+](c2ccccc2)c2ccccc2)cc1. The van der Waals surface area contributed by atoms with Gasteiger partial charge in [0, 0.05) is 29.3 Å². The van der Waals surface area contributed by atoms with Crippen molar-refractivity contribution in [1.82, 2.24) is 0 Å². The van der Waals surface area contributed by atoms with Crippen LogP contribution in [0.25, 0.3) is 0 Å². The summed E-state index contributed by atoms with van der Waals surface area (Å²) in [6.45, 7) is 1.08. The van der Waals surface area contributed by atoms with Gasteiger partial charge in [-0.15, -0.1) is 0 Å². The van der Waals surface area contributed by atoms with Gasteiger partial charge in [-0.05, 0) is 36.4 Å². The summed E-state index contributed by atoms with van der Waals surface area (Å²) in [6.07, 6.45) is 0. The van der Waals surface area contributed by atoms with Crippen molar-refractivity contribution in [3.05, 3.63) is 164 Å². The molecule has 187 valence electrons. The minimum absolute atomic E-state index is 0. The Hall–Kier alpha value is -3.26. The van der Waals surface area contributed by atoms with Crippen molar-refractivity contribution < 1.29 is 32.3 Å². The maximum Gasteiger partial charge on any atom is 0.300 e. The average molecular weight is 675 g/mol. The van der Waals surface area contributed by atoms with Gasteiger partial charge in [-0.2, -0.15) is 72.8 Å². The first-order chi connectivity index (χ1) is 17.2. The summed E-state index contributed by atoms with van der Waals surface area (Å²) in [5.74, 6) is -0.833. The fourth-order valence-electron chi connectivity index (χ4n) is 3.00. The van der Waals surface area contributed by atoms with Crippen molar-refractivity contribution in [1.29, 1.82) is 0 Å². The Labute approximate surface area is 231 Å². The predicted molar refractivity (Wildman–Crippen MR) is 150 cm³/mol. The van der Waals surface area contributed by atoms with E-state index in [4.69, 9.17) is 9.90 Å². The van der Waals surface area contributed by atoms with Crippen molar-refractivity contribution in [2.75, 3.05) is 0 Å². The van der Waals surface area contributed by atoms with Gasteiger partial charge in [0.15, 0.2) is 0 Å². The van der Waals surface area contributed by atoms with Gasteiger partial charge in [-0.3, -0.25) is 4.79 Å². The number of aliphatic carboxylic acids is 1. The molecule has 1 radical (unpaired) electrons. The minimum Gasteiger partial charge on any atom is -0.481 e. The van der Waals surface area contributed by atoms with Crippen LogP contribution in [0.5, 0.6) is 0 Å². The molecule has 2 nitrogen and oxygen atoms in total. The van der Waals surface area contributed by atoms with E-state index in [1.165, 1.54) is 15.9 Å². The third-order valence-electron chi connectivity index (χ3n) is 4.40. The van der Waals surface area contributed by atoms with Crippen molar-refractivity contribution in [2.24, 2.45) is 0 Å². The molecule has 5 aromatic rings. The van der Waals surface area contributed by atoms with Crippen molar-refractivity contribution >= 4 is 29.8 Å². The number of benzene rings is 5. The normalized spacial score (nSPS) is 8.94. The van der Waals surface area contributed by atoms with Crippen LogP contribution in [0.2, 0.25) is 0 Å². The van der Waals surface area contributed by atoms with Crippen LogP contribution in [0.4, 0.5) is 0 Å². The first kappa shape index (κ1) is 30.8. The van der Waals surface area contributed by atoms with E-state index < -0.39 is 13.9 Å². The van der Waals surface area contributed by atoms with Gasteiger partial charge in [-0.25, -0.2) is 0 Å². The van der Waals surface area contributed by atoms with Gasteiger partial charge in [0.2, 0.25) is 0 Å². The Balaban J connectivity index is 0.000000311. The molecule has 0 bridgehead atoms. The Bertz CT molecular complexity index is 975. The second-order valence-corrected chi connectivity index (χ2v) is 9.63. The summed E-state index contributed by atoms with van der Waals surface area (Å²) in [7, 11) is -0.877. The summed E-state index contributed by atoms with van der Waals surface area (Å²) < 4.78 is 0. The van der Waals surface area contributed by atoms with Crippen molar-refractivity contribution in [2.45, 2.75) is 6.92 Å². The summed E-state index contributed by atoms with van der Waals surface area (Å²) in [5.41, 5.74) is 0. The van der Waals surface area contributed by atoms with E-state index in [0.29, 0.717) is 0 Å². The van der Waals surface area contributed by atoms with Gasteiger partial charge in [0.05, 0.1) is 7.92 Å². The Morgan fingerprint density at radius 2 is 0.750 bits per heavy atom. The molecule has 0 amide bonds. The van der Waals surface area contributed by atoms with Gasteiger partial charge in [0.25, 0.3) is 5.97 Å². The number of hydrogen-bond donors (Lipinski definition) is 1. The van der Waals surface area contributed by atoms with Crippen LogP contribution in [0, 0.1) is 12.1 Å². The second-order valence-electron chi connectivity index (χ2n) is 7.15. The third-order valence-corrected chi connectivity index (χ3v) is 7.13. The Morgan fingerprint density at radius 1 is 0.528 bits per heavy atom. The maximum atomic E-state index is 9.00. The molecule has 0 fully saturated rings. The van der Waals surface area contributed by atoms with Crippen LogP contribution in [-0.4, -0.2) is 11.1 Å². The average Bonchev–Trinajstić information content (AvgIpc) is 2.93. The third kappa shape index (κ3) is 13.6. The van der Waals surface area contributed by atoms with Gasteiger partial charge in [-0.1, -0.05) is 54.6 Å². The molecule has 0 heterocycles. The molecule has 5 aromatic carbocycles. The molecule has 0 aromatic heterocycles. The van der Waals surface area contributed by atoms with E-state index in [9.17, 15) is 0 Å². The molecule has 0 unspecified atom stereocenters. The molecule has 0 aliphatic heterocycles. The van der Waals surface area contributed by atoms with E-state index in [-0.39, 0.29) is 22.4 Å². The zero-order valence-corrected chi connectivity index (χ0v) is 23.3. The molecule has 0 saturated heterocycles. The fraction of sp³-hybridized carbons (Fsp3) is 0.0312. The Kier molecular flexibility index (Phi) is 17.1. The molecule has 0 atom stereocenters. The fourth-order valence-corrected chi connectivity index (χ4v) is 5.58. The van der Waals surface area contributed by atoms with Crippen LogP contribution in [0.1, 0.15) is 6.92 Å². The number of carbonyl (C=O) groups is 1. The predicted octanol–water partition coefficient (Wildman–Crippen LogP) is 6.24. The monoisotopic (exact) mass is 674 g/mol. The van der Waals surface area contributed by atoms with Crippen LogP contribution >= 0.6 is 7.92 Å². The van der Waals surface area contributed by atoms with Crippen LogP contribution in [-0.2, 0) is 27.2 Å². The number of carboxylic acids is 1. The van der Waals surface area contributed by atoms with Gasteiger partial charge < -0.3 is 5.11 Å². The van der Waals surface area contributed by atoms with E-state index in [1.54, 1.807) is 0 Å². The molecule has 0 spiro atoms. The molecular formula is C32H30AuO2P-. The summed E-state index contributed by atoms with van der Waals surface area (Å²) in [6, 6.07) is 57.5. The van der Waals surface area contributed by atoms with Gasteiger partial charge >= 0.3 is 0 Å².